The summed E-state index contributed by atoms with van der Waals surface area (Å²) in [6, 6.07) is 71.0. The fraction of sp³-hybridized carbons (Fsp3) is 0. The molecule has 0 atom stereocenters. The molecule has 3 aromatic heterocycles. The van der Waals surface area contributed by atoms with Crippen LogP contribution in [0.15, 0.2) is 194 Å². The van der Waals surface area contributed by atoms with Crippen LogP contribution in [-0.2, 0) is 0 Å². The molecule has 0 spiro atoms. The van der Waals surface area contributed by atoms with Crippen LogP contribution in [0.1, 0.15) is 0 Å². The molecule has 4 heteroatoms. The molecule has 12 aromatic rings. The first kappa shape index (κ1) is 31.6. The molecule has 56 heavy (non-hydrogen) atoms. The van der Waals surface area contributed by atoms with Gasteiger partial charge in [0, 0.05) is 73.6 Å². The monoisotopic (exact) mass is 748 g/mol. The molecule has 0 radical (unpaired) electrons. The van der Waals surface area contributed by atoms with Gasteiger partial charge in [0.25, 0.3) is 0 Å². The van der Waals surface area contributed by atoms with Gasteiger partial charge in [0.2, 0.25) is 0 Å². The fourth-order valence-electron chi connectivity index (χ4n) is 8.83. The Hall–Kier alpha value is -6.72. The Morgan fingerprint density at radius 3 is 1.48 bits per heavy atom. The molecule has 0 aliphatic heterocycles. The first-order chi connectivity index (χ1) is 27.8. The molecule has 2 nitrogen and oxygen atoms in total. The van der Waals surface area contributed by atoms with Crippen LogP contribution in [-0.4, -0.2) is 4.57 Å². The summed E-state index contributed by atoms with van der Waals surface area (Å²) in [6.45, 7) is 0. The van der Waals surface area contributed by atoms with Crippen LogP contribution >= 0.6 is 22.7 Å². The van der Waals surface area contributed by atoms with Gasteiger partial charge in [-0.1, -0.05) is 127 Å². The van der Waals surface area contributed by atoms with E-state index in [2.05, 4.69) is 204 Å². The average Bonchev–Trinajstić information content (AvgIpc) is 3.94. The molecule has 0 amide bonds. The van der Waals surface area contributed by atoms with E-state index < -0.39 is 0 Å². The van der Waals surface area contributed by atoms with Gasteiger partial charge >= 0.3 is 0 Å². The van der Waals surface area contributed by atoms with Gasteiger partial charge in [0.1, 0.15) is 0 Å². The number of hydrogen-bond donors (Lipinski definition) is 0. The van der Waals surface area contributed by atoms with Crippen molar-refractivity contribution in [3.05, 3.63) is 194 Å². The number of nitrogens with zero attached hydrogens (tertiary/aromatic N) is 2. The number of aromatic nitrogens is 1. The van der Waals surface area contributed by atoms with Gasteiger partial charge in [0.15, 0.2) is 0 Å². The van der Waals surface area contributed by atoms with E-state index in [4.69, 9.17) is 0 Å². The lowest BCUT2D eigenvalue weighted by molar-refractivity contribution is 1.18. The Kier molecular flexibility index (Phi) is 7.00. The number of hydrogen-bond acceptors (Lipinski definition) is 3. The van der Waals surface area contributed by atoms with Gasteiger partial charge in [-0.2, -0.15) is 0 Å². The first-order valence-electron chi connectivity index (χ1n) is 19.0. The van der Waals surface area contributed by atoms with Crippen molar-refractivity contribution in [1.29, 1.82) is 0 Å². The van der Waals surface area contributed by atoms with Crippen LogP contribution in [0.4, 0.5) is 17.1 Å². The molecular weight excluding hydrogens is 717 g/mol. The summed E-state index contributed by atoms with van der Waals surface area (Å²) in [7, 11) is 0. The molecule has 12 rings (SSSR count). The van der Waals surface area contributed by atoms with Crippen LogP contribution in [0.3, 0.4) is 0 Å². The SMILES string of the molecule is c1ccc(N(c2ccc(-c3ccc(-n4c5ccc6c7ccccc7sc6c5c5c6sc7ccccc7c6ccc54)cc3)cc2)c2cccc3ccccc23)cc1. The zero-order valence-electron chi connectivity index (χ0n) is 30.2. The minimum absolute atomic E-state index is 1.12. The zero-order valence-corrected chi connectivity index (χ0v) is 31.8. The number of rotatable bonds is 5. The van der Waals surface area contributed by atoms with Crippen molar-refractivity contribution in [1.82, 2.24) is 4.57 Å². The third kappa shape index (κ3) is 4.73. The maximum absolute atomic E-state index is 2.48. The summed E-state index contributed by atoms with van der Waals surface area (Å²) in [4.78, 5) is 2.36. The van der Waals surface area contributed by atoms with Crippen LogP contribution in [0.25, 0.3) is 89.7 Å². The Balaban J connectivity index is 0.993. The van der Waals surface area contributed by atoms with Crippen molar-refractivity contribution in [2.45, 2.75) is 0 Å². The molecule has 0 fully saturated rings. The highest BCUT2D eigenvalue weighted by Crippen LogP contribution is 2.48. The lowest BCUT2D eigenvalue weighted by Gasteiger charge is -2.27. The average molecular weight is 749 g/mol. The van der Waals surface area contributed by atoms with Gasteiger partial charge in [0.05, 0.1) is 16.7 Å². The molecule has 0 aliphatic rings. The van der Waals surface area contributed by atoms with Crippen LogP contribution in [0.5, 0.6) is 0 Å². The Bertz CT molecular complexity index is 3330. The normalized spacial score (nSPS) is 11.9. The quantitative estimate of drug-likeness (QED) is 0.170. The fourth-order valence-corrected chi connectivity index (χ4v) is 11.3. The summed E-state index contributed by atoms with van der Waals surface area (Å²) in [5.74, 6) is 0. The van der Waals surface area contributed by atoms with Crippen molar-refractivity contribution < 1.29 is 0 Å². The molecule has 0 unspecified atom stereocenters. The topological polar surface area (TPSA) is 8.17 Å². The highest BCUT2D eigenvalue weighted by molar-refractivity contribution is 7.28. The van der Waals surface area contributed by atoms with Gasteiger partial charge in [-0.25, -0.2) is 0 Å². The summed E-state index contributed by atoms with van der Waals surface area (Å²) in [6.07, 6.45) is 0. The Morgan fingerprint density at radius 2 is 0.857 bits per heavy atom. The maximum atomic E-state index is 2.48. The minimum atomic E-state index is 1.12. The number of thiophene rings is 2. The highest BCUT2D eigenvalue weighted by Gasteiger charge is 2.21. The molecule has 0 bridgehead atoms. The number of fused-ring (bicyclic) bond motifs is 12. The van der Waals surface area contributed by atoms with Gasteiger partial charge in [-0.05, 0) is 83.2 Å². The number of anilines is 3. The van der Waals surface area contributed by atoms with E-state index >= 15 is 0 Å². The van der Waals surface area contributed by atoms with E-state index in [0.29, 0.717) is 0 Å². The second-order valence-electron chi connectivity index (χ2n) is 14.5. The molecule has 9 aromatic carbocycles. The van der Waals surface area contributed by atoms with E-state index in [1.54, 1.807) is 0 Å². The third-order valence-electron chi connectivity index (χ3n) is 11.4. The number of benzene rings is 9. The lowest BCUT2D eigenvalue weighted by atomic mass is 10.0. The number of para-hydroxylation sites is 1. The van der Waals surface area contributed by atoms with E-state index in [9.17, 15) is 0 Å². The van der Waals surface area contributed by atoms with E-state index in [0.717, 1.165) is 17.1 Å². The minimum Gasteiger partial charge on any atom is -0.310 e. The second-order valence-corrected chi connectivity index (χ2v) is 16.6. The van der Waals surface area contributed by atoms with Crippen molar-refractivity contribution >= 4 is 113 Å². The standard InChI is InChI=1S/C52H32N2S2/c1-2-13-36(14-3-1)53(44-18-10-12-35-11-4-5-15-39(35)44)37-25-21-33(22-26-37)34-23-27-38(28-24-34)54-45-31-29-42-40-16-6-8-19-47(40)55-51(42)49(45)50-46(54)32-30-43-41-17-7-9-20-48(41)56-52(43)50/h1-32H. The molecule has 262 valence electrons. The van der Waals surface area contributed by atoms with Crippen LogP contribution < -0.4 is 4.90 Å². The summed E-state index contributed by atoms with van der Waals surface area (Å²) >= 11 is 3.84. The maximum Gasteiger partial charge on any atom is 0.0556 e. The van der Waals surface area contributed by atoms with Crippen molar-refractivity contribution in [2.75, 3.05) is 4.90 Å². The molecular formula is C52H32N2S2. The van der Waals surface area contributed by atoms with E-state index in [1.165, 1.54) is 89.7 Å². The van der Waals surface area contributed by atoms with Crippen molar-refractivity contribution in [2.24, 2.45) is 0 Å². The lowest BCUT2D eigenvalue weighted by Crippen LogP contribution is -2.10. The zero-order chi connectivity index (χ0) is 36.7. The van der Waals surface area contributed by atoms with Crippen molar-refractivity contribution in [3.63, 3.8) is 0 Å². The van der Waals surface area contributed by atoms with Gasteiger partial charge in [-0.3, -0.25) is 0 Å². The summed E-state index contributed by atoms with van der Waals surface area (Å²) < 4.78 is 7.87. The summed E-state index contributed by atoms with van der Waals surface area (Å²) in [5, 5.41) is 10.5. The van der Waals surface area contributed by atoms with E-state index in [1.807, 2.05) is 22.7 Å². The largest absolute Gasteiger partial charge is 0.310 e. The van der Waals surface area contributed by atoms with Crippen molar-refractivity contribution in [3.8, 4) is 16.8 Å². The summed E-state index contributed by atoms with van der Waals surface area (Å²) in [5.41, 5.74) is 9.46. The predicted molar refractivity (Wildman–Crippen MR) is 244 cm³/mol. The highest BCUT2D eigenvalue weighted by atomic mass is 32.1. The Morgan fingerprint density at radius 1 is 0.357 bits per heavy atom. The van der Waals surface area contributed by atoms with Crippen LogP contribution in [0, 0.1) is 0 Å². The Labute approximate surface area is 331 Å². The van der Waals surface area contributed by atoms with Crippen LogP contribution in [0.2, 0.25) is 0 Å². The molecule has 0 aliphatic carbocycles. The third-order valence-corrected chi connectivity index (χ3v) is 13.8. The smallest absolute Gasteiger partial charge is 0.0556 e. The second kappa shape index (κ2) is 12.4. The van der Waals surface area contributed by atoms with Gasteiger partial charge in [-0.15, -0.1) is 22.7 Å². The molecule has 0 N–H and O–H groups in total. The molecule has 0 saturated heterocycles. The predicted octanol–water partition coefficient (Wildman–Crippen LogP) is 15.8. The van der Waals surface area contributed by atoms with Gasteiger partial charge < -0.3 is 9.47 Å². The first-order valence-corrected chi connectivity index (χ1v) is 20.6. The molecule has 0 saturated carbocycles. The molecule has 3 heterocycles. The van der Waals surface area contributed by atoms with E-state index in [-0.39, 0.29) is 0 Å².